The van der Waals surface area contributed by atoms with Crippen LogP contribution in [0.3, 0.4) is 0 Å². The number of sulfone groups is 1. The van der Waals surface area contributed by atoms with Gasteiger partial charge in [-0.2, -0.15) is 0 Å². The number of rotatable bonds is 6. The molecule has 152 valence electrons. The molecule has 2 N–H and O–H groups in total. The highest BCUT2D eigenvalue weighted by Crippen LogP contribution is 2.11. The predicted octanol–water partition coefficient (Wildman–Crippen LogP) is 1.14. The number of halogens is 2. The van der Waals surface area contributed by atoms with E-state index in [0.29, 0.717) is 25.5 Å². The topological polar surface area (TPSA) is 90.9 Å². The fraction of sp³-hybridized carbons (Fsp3) is 0.529. The average Bonchev–Trinajstić information content (AvgIpc) is 2.90. The maximum Gasteiger partial charge on any atom is 0.222 e. The number of carbonyl (C=O) groups excluding carboxylic acids is 1. The second-order valence-electron chi connectivity index (χ2n) is 6.38. The van der Waals surface area contributed by atoms with Gasteiger partial charge >= 0.3 is 0 Å². The second-order valence-corrected chi connectivity index (χ2v) is 8.61. The van der Waals surface area contributed by atoms with E-state index >= 15 is 0 Å². The molecule has 1 atom stereocenters. The Labute approximate surface area is 176 Å². The van der Waals surface area contributed by atoms with Crippen LogP contribution in [0.5, 0.6) is 0 Å². The van der Waals surface area contributed by atoms with Crippen molar-refractivity contribution in [3.63, 3.8) is 0 Å². The van der Waals surface area contributed by atoms with Gasteiger partial charge in [-0.25, -0.2) is 12.8 Å². The summed E-state index contributed by atoms with van der Waals surface area (Å²) in [5.74, 6) is 0.260. The van der Waals surface area contributed by atoms with Gasteiger partial charge in [0.05, 0.1) is 11.5 Å². The van der Waals surface area contributed by atoms with Gasteiger partial charge in [0.25, 0.3) is 0 Å². The van der Waals surface area contributed by atoms with Crippen molar-refractivity contribution >= 4 is 45.7 Å². The molecule has 2 rings (SSSR count). The van der Waals surface area contributed by atoms with E-state index in [1.807, 2.05) is 18.0 Å². The minimum Gasteiger partial charge on any atom is -0.356 e. The third-order valence-electron chi connectivity index (χ3n) is 4.11. The van der Waals surface area contributed by atoms with E-state index in [9.17, 15) is 17.6 Å². The Kier molecular flexibility index (Phi) is 9.43. The van der Waals surface area contributed by atoms with Crippen molar-refractivity contribution in [1.29, 1.82) is 0 Å². The number of aliphatic imine (C=N–C) groups is 1. The van der Waals surface area contributed by atoms with Crippen LogP contribution in [0, 0.1) is 5.82 Å². The van der Waals surface area contributed by atoms with Crippen molar-refractivity contribution in [2.75, 3.05) is 32.1 Å². The van der Waals surface area contributed by atoms with Gasteiger partial charge in [0.15, 0.2) is 15.8 Å². The number of benzene rings is 1. The molecule has 1 heterocycles. The molecule has 1 aliphatic rings. The number of amides is 1. The molecule has 0 radical (unpaired) electrons. The highest BCUT2D eigenvalue weighted by molar-refractivity contribution is 14.0. The molecular weight excluding hydrogens is 486 g/mol. The molecule has 1 aromatic carbocycles. The first-order valence-corrected chi connectivity index (χ1v) is 10.3. The van der Waals surface area contributed by atoms with E-state index < -0.39 is 9.84 Å². The molecule has 10 heteroatoms. The number of hydrogen-bond acceptors (Lipinski definition) is 4. The molecule has 27 heavy (non-hydrogen) atoms. The lowest BCUT2D eigenvalue weighted by molar-refractivity contribution is -0.121. The monoisotopic (exact) mass is 512 g/mol. The lowest BCUT2D eigenvalue weighted by Gasteiger charge is -2.22. The van der Waals surface area contributed by atoms with Gasteiger partial charge in [0.2, 0.25) is 5.91 Å². The smallest absolute Gasteiger partial charge is 0.222 e. The van der Waals surface area contributed by atoms with Crippen LogP contribution in [0.4, 0.5) is 4.39 Å². The maximum atomic E-state index is 13.3. The summed E-state index contributed by atoms with van der Waals surface area (Å²) in [6, 6.07) is 6.05. The van der Waals surface area contributed by atoms with E-state index in [1.54, 1.807) is 13.1 Å². The van der Waals surface area contributed by atoms with Crippen LogP contribution in [-0.2, 0) is 21.2 Å². The molecule has 1 saturated heterocycles. The van der Waals surface area contributed by atoms with Gasteiger partial charge in [-0.05, 0) is 24.1 Å². The summed E-state index contributed by atoms with van der Waals surface area (Å²) in [4.78, 5) is 17.9. The number of carbonyl (C=O) groups is 1. The Morgan fingerprint density at radius 3 is 2.74 bits per heavy atom. The van der Waals surface area contributed by atoms with Gasteiger partial charge in [-0.1, -0.05) is 12.1 Å². The zero-order valence-electron chi connectivity index (χ0n) is 15.4. The van der Waals surface area contributed by atoms with Crippen LogP contribution >= 0.6 is 24.0 Å². The largest absolute Gasteiger partial charge is 0.356 e. The summed E-state index contributed by atoms with van der Waals surface area (Å²) in [7, 11) is 0.450. The Morgan fingerprint density at radius 2 is 2.15 bits per heavy atom. The number of nitrogens with zero attached hydrogens (tertiary/aromatic N) is 2. The summed E-state index contributed by atoms with van der Waals surface area (Å²) in [6.45, 7) is 0.842. The van der Waals surface area contributed by atoms with E-state index in [-0.39, 0.29) is 59.7 Å². The molecule has 0 aromatic heterocycles. The summed E-state index contributed by atoms with van der Waals surface area (Å²) in [5.41, 5.74) is 0.815. The van der Waals surface area contributed by atoms with Crippen molar-refractivity contribution in [3.05, 3.63) is 35.6 Å². The molecule has 1 amide bonds. The molecule has 1 unspecified atom stereocenters. The molecule has 1 aliphatic heterocycles. The Bertz CT molecular complexity index is 773. The van der Waals surface area contributed by atoms with Gasteiger partial charge in [-0.3, -0.25) is 9.79 Å². The Morgan fingerprint density at radius 1 is 1.41 bits per heavy atom. The lowest BCUT2D eigenvalue weighted by atomic mass is 10.2. The van der Waals surface area contributed by atoms with Gasteiger partial charge in [0.1, 0.15) is 5.82 Å². The molecular formula is C17H26FIN4O3S. The SMILES string of the molecule is CN=C(NCCC(=O)NC1CCS(=O)(=O)C1)N(C)Cc1cccc(F)c1.I. The van der Waals surface area contributed by atoms with E-state index in [1.165, 1.54) is 12.1 Å². The first-order chi connectivity index (χ1) is 12.3. The highest BCUT2D eigenvalue weighted by Gasteiger charge is 2.28. The Balaban J connectivity index is 0.00000364. The van der Waals surface area contributed by atoms with Crippen LogP contribution < -0.4 is 10.6 Å². The molecule has 0 aliphatic carbocycles. The Hall–Kier alpha value is -1.43. The minimum absolute atomic E-state index is 0. The number of nitrogens with one attached hydrogen (secondary N) is 2. The fourth-order valence-corrected chi connectivity index (χ4v) is 4.54. The van der Waals surface area contributed by atoms with E-state index in [2.05, 4.69) is 15.6 Å². The first kappa shape index (κ1) is 23.6. The first-order valence-electron chi connectivity index (χ1n) is 8.45. The molecule has 1 fully saturated rings. The summed E-state index contributed by atoms with van der Waals surface area (Å²) < 4.78 is 36.1. The van der Waals surface area contributed by atoms with Crippen molar-refractivity contribution in [1.82, 2.24) is 15.5 Å². The summed E-state index contributed by atoms with van der Waals surface area (Å²) in [5, 5.41) is 5.83. The molecule has 0 saturated carbocycles. The van der Waals surface area contributed by atoms with Crippen LogP contribution in [0.2, 0.25) is 0 Å². The van der Waals surface area contributed by atoms with Crippen molar-refractivity contribution < 1.29 is 17.6 Å². The lowest BCUT2D eigenvalue weighted by Crippen LogP contribution is -2.41. The summed E-state index contributed by atoms with van der Waals surface area (Å²) >= 11 is 0. The zero-order chi connectivity index (χ0) is 19.2. The molecule has 0 bridgehead atoms. The van der Waals surface area contributed by atoms with Crippen LogP contribution in [0.25, 0.3) is 0 Å². The molecule has 7 nitrogen and oxygen atoms in total. The van der Waals surface area contributed by atoms with Crippen molar-refractivity contribution in [3.8, 4) is 0 Å². The minimum atomic E-state index is -3.01. The maximum absolute atomic E-state index is 13.3. The van der Waals surface area contributed by atoms with Gasteiger partial charge in [0, 0.05) is 39.6 Å². The second kappa shape index (κ2) is 10.8. The third kappa shape index (κ3) is 7.99. The zero-order valence-corrected chi connectivity index (χ0v) is 18.6. The van der Waals surface area contributed by atoms with E-state index in [4.69, 9.17) is 0 Å². The van der Waals surface area contributed by atoms with Gasteiger partial charge in [-0.15, -0.1) is 24.0 Å². The normalized spacial score (nSPS) is 18.5. The average molecular weight is 512 g/mol. The highest BCUT2D eigenvalue weighted by atomic mass is 127. The van der Waals surface area contributed by atoms with Crippen LogP contribution in [-0.4, -0.2) is 63.4 Å². The van der Waals surface area contributed by atoms with Crippen molar-refractivity contribution in [2.45, 2.75) is 25.4 Å². The predicted molar refractivity (Wildman–Crippen MR) is 114 cm³/mol. The number of guanidine groups is 1. The summed E-state index contributed by atoms with van der Waals surface area (Å²) in [6.07, 6.45) is 0.683. The van der Waals surface area contributed by atoms with Crippen molar-refractivity contribution in [2.24, 2.45) is 4.99 Å². The molecule has 0 spiro atoms. The fourth-order valence-electron chi connectivity index (χ4n) is 2.87. The van der Waals surface area contributed by atoms with Gasteiger partial charge < -0.3 is 15.5 Å². The van der Waals surface area contributed by atoms with E-state index in [0.717, 1.165) is 5.56 Å². The molecule has 1 aromatic rings. The van der Waals surface area contributed by atoms with Crippen LogP contribution in [0.15, 0.2) is 29.3 Å². The quantitative estimate of drug-likeness (QED) is 0.339. The number of hydrogen-bond donors (Lipinski definition) is 2. The standard InChI is InChI=1S/C17H25FN4O3S.HI/c1-19-17(22(2)11-13-4-3-5-14(18)10-13)20-8-6-16(23)21-15-7-9-26(24,25)12-15;/h3-5,10,15H,6-9,11-12H2,1-2H3,(H,19,20)(H,21,23);1H. The third-order valence-corrected chi connectivity index (χ3v) is 5.88. The van der Waals surface area contributed by atoms with Crippen LogP contribution in [0.1, 0.15) is 18.4 Å².